The largest absolute Gasteiger partial charge is 0.500 e. The van der Waals surface area contributed by atoms with E-state index in [0.717, 1.165) is 37.8 Å². The molecule has 0 aromatic carbocycles. The van der Waals surface area contributed by atoms with Crippen LogP contribution < -0.4 is 5.32 Å². The molecule has 31 heavy (non-hydrogen) atoms. The molecule has 0 aliphatic carbocycles. The molecule has 1 heterocycles. The highest BCUT2D eigenvalue weighted by atomic mass is 28.4. The molecule has 1 N–H and O–H groups in total. The minimum absolute atomic E-state index is 0.263. The summed E-state index contributed by atoms with van der Waals surface area (Å²) >= 11 is 0. The number of hydrogen-bond acceptors (Lipinski definition) is 8. The van der Waals surface area contributed by atoms with Crippen molar-refractivity contribution in [1.29, 1.82) is 0 Å². The van der Waals surface area contributed by atoms with Gasteiger partial charge in [-0.2, -0.15) is 0 Å². The molecule has 0 fully saturated rings. The smallest absolute Gasteiger partial charge is 0.374 e. The zero-order valence-electron chi connectivity index (χ0n) is 20.6. The van der Waals surface area contributed by atoms with Crippen LogP contribution in [0.25, 0.3) is 0 Å². The summed E-state index contributed by atoms with van der Waals surface area (Å²) in [5.41, 5.74) is 0. The second-order valence-corrected chi connectivity index (χ2v) is 12.8. The van der Waals surface area contributed by atoms with Crippen molar-refractivity contribution in [2.75, 3.05) is 39.6 Å². The molecule has 0 aromatic rings. The maximum absolute atomic E-state index is 5.98. The topological polar surface area (TPSA) is 79.8 Å². The number of rotatable bonds is 20. The van der Waals surface area contributed by atoms with Gasteiger partial charge in [-0.3, -0.25) is 4.99 Å². The highest BCUT2D eigenvalue weighted by Gasteiger charge is 2.41. The number of nitrogens with one attached hydrogen (secondary N) is 1. The van der Waals surface area contributed by atoms with Gasteiger partial charge in [-0.25, -0.2) is 0 Å². The van der Waals surface area contributed by atoms with Crippen molar-refractivity contribution in [3.8, 4) is 0 Å². The summed E-state index contributed by atoms with van der Waals surface area (Å²) in [6.07, 6.45) is 5.81. The van der Waals surface area contributed by atoms with Gasteiger partial charge >= 0.3 is 17.6 Å². The van der Waals surface area contributed by atoms with E-state index in [1.54, 1.807) is 0 Å². The molecule has 184 valence electrons. The van der Waals surface area contributed by atoms with Crippen molar-refractivity contribution in [3.63, 3.8) is 0 Å². The molecule has 1 aliphatic rings. The summed E-state index contributed by atoms with van der Waals surface area (Å²) in [6.45, 7) is 15.7. The van der Waals surface area contributed by atoms with Crippen molar-refractivity contribution in [2.45, 2.75) is 91.4 Å². The van der Waals surface area contributed by atoms with Gasteiger partial charge in [0, 0.05) is 57.8 Å². The fraction of sp³-hybridized carbons (Fsp3) is 0.952. The quantitative estimate of drug-likeness (QED) is 0.265. The molecule has 1 aliphatic heterocycles. The summed E-state index contributed by atoms with van der Waals surface area (Å²) in [4.78, 5) is 4.67. The first-order chi connectivity index (χ1) is 15.0. The molecule has 1 rings (SSSR count). The van der Waals surface area contributed by atoms with E-state index in [1.807, 2.05) is 47.9 Å². The Labute approximate surface area is 192 Å². The standard InChI is InChI=1S/C21H46N2O6Si2/c1-7-24-30(25-8-2,26-9-3)17-13-15-20-21(23-19-22-20)16-14-18-31(27-10-4,28-11-5)29-12-6/h19-21H,7-18H2,1-6H3,(H,22,23). The fourth-order valence-corrected chi connectivity index (χ4v) is 9.35. The van der Waals surface area contributed by atoms with Crippen molar-refractivity contribution >= 4 is 23.9 Å². The van der Waals surface area contributed by atoms with Crippen molar-refractivity contribution in [1.82, 2.24) is 5.32 Å². The Morgan fingerprint density at radius 1 is 0.645 bits per heavy atom. The first-order valence-electron chi connectivity index (χ1n) is 12.2. The summed E-state index contributed by atoms with van der Waals surface area (Å²) in [5, 5.41) is 3.43. The normalized spacial score (nSPS) is 19.2. The van der Waals surface area contributed by atoms with Gasteiger partial charge < -0.3 is 31.9 Å². The third-order valence-corrected chi connectivity index (χ3v) is 11.5. The molecule has 2 unspecified atom stereocenters. The maximum atomic E-state index is 5.98. The predicted octanol–water partition coefficient (Wildman–Crippen LogP) is 4.01. The van der Waals surface area contributed by atoms with Gasteiger partial charge in [0.05, 0.1) is 12.4 Å². The van der Waals surface area contributed by atoms with Crippen LogP contribution in [0, 0.1) is 0 Å². The Morgan fingerprint density at radius 2 is 1.03 bits per heavy atom. The highest BCUT2D eigenvalue weighted by molar-refractivity contribution is 6.61. The van der Waals surface area contributed by atoms with Gasteiger partial charge in [-0.05, 0) is 67.2 Å². The monoisotopic (exact) mass is 478 g/mol. The second-order valence-electron chi connectivity index (χ2n) is 7.37. The zero-order chi connectivity index (χ0) is 23.0. The number of aliphatic imine (C=N–C) groups is 1. The van der Waals surface area contributed by atoms with Crippen molar-refractivity contribution < 1.29 is 26.6 Å². The molecule has 2 atom stereocenters. The van der Waals surface area contributed by atoms with Crippen LogP contribution in [0.3, 0.4) is 0 Å². The molecule has 8 nitrogen and oxygen atoms in total. The van der Waals surface area contributed by atoms with Gasteiger partial charge in [0.15, 0.2) is 0 Å². The molecule has 0 amide bonds. The lowest BCUT2D eigenvalue weighted by atomic mass is 10.0. The highest BCUT2D eigenvalue weighted by Crippen LogP contribution is 2.25. The van der Waals surface area contributed by atoms with E-state index in [0.29, 0.717) is 45.7 Å². The summed E-state index contributed by atoms with van der Waals surface area (Å²) in [7, 11) is -5.16. The number of nitrogens with zero attached hydrogens (tertiary/aromatic N) is 1. The van der Waals surface area contributed by atoms with Gasteiger partial charge in [-0.15, -0.1) is 0 Å². The zero-order valence-corrected chi connectivity index (χ0v) is 22.6. The summed E-state index contributed by atoms with van der Waals surface area (Å²) < 4.78 is 35.9. The number of hydrogen-bond donors (Lipinski definition) is 1. The Morgan fingerprint density at radius 3 is 1.42 bits per heavy atom. The molecular weight excluding hydrogens is 432 g/mol. The molecule has 0 saturated heterocycles. The Kier molecular flexibility index (Phi) is 15.1. The third kappa shape index (κ3) is 9.99. The lowest BCUT2D eigenvalue weighted by Crippen LogP contribution is -2.46. The van der Waals surface area contributed by atoms with Crippen LogP contribution in [0.4, 0.5) is 0 Å². The minimum atomic E-state index is -2.58. The molecule has 0 aromatic heterocycles. The van der Waals surface area contributed by atoms with E-state index in [-0.39, 0.29) is 6.04 Å². The van der Waals surface area contributed by atoms with Crippen LogP contribution in [0.5, 0.6) is 0 Å². The third-order valence-electron chi connectivity index (χ3n) is 5.19. The van der Waals surface area contributed by atoms with Crippen LogP contribution >= 0.6 is 0 Å². The fourth-order valence-electron chi connectivity index (χ4n) is 4.07. The van der Waals surface area contributed by atoms with Crippen molar-refractivity contribution in [3.05, 3.63) is 0 Å². The van der Waals surface area contributed by atoms with Crippen molar-refractivity contribution in [2.24, 2.45) is 4.99 Å². The average Bonchev–Trinajstić information content (AvgIpc) is 3.16. The first kappa shape index (κ1) is 28.7. The lowest BCUT2D eigenvalue weighted by molar-refractivity contribution is 0.0693. The second kappa shape index (κ2) is 16.3. The molecule has 0 bridgehead atoms. The minimum Gasteiger partial charge on any atom is -0.374 e. The average molecular weight is 479 g/mol. The molecule has 0 saturated carbocycles. The summed E-state index contributed by atoms with van der Waals surface area (Å²) in [5.74, 6) is 0. The van der Waals surface area contributed by atoms with E-state index in [4.69, 9.17) is 26.6 Å². The van der Waals surface area contributed by atoms with Gasteiger partial charge in [0.25, 0.3) is 0 Å². The molecule has 0 spiro atoms. The Balaban J connectivity index is 2.55. The van der Waals surface area contributed by atoms with Crippen LogP contribution in [0.2, 0.25) is 12.1 Å². The van der Waals surface area contributed by atoms with Gasteiger partial charge in [0.2, 0.25) is 0 Å². The van der Waals surface area contributed by atoms with Crippen LogP contribution in [0.1, 0.15) is 67.2 Å². The van der Waals surface area contributed by atoms with Gasteiger partial charge in [0.1, 0.15) is 0 Å². The molecule has 10 heteroatoms. The van der Waals surface area contributed by atoms with Gasteiger partial charge in [-0.1, -0.05) is 0 Å². The SMILES string of the molecule is CCO[Si](CCCC1N=CNC1CCC[Si](OCC)(OCC)OCC)(OCC)OCC. The molecular formula is C21H46N2O6Si2. The van der Waals surface area contributed by atoms with Crippen LogP contribution in [-0.2, 0) is 26.6 Å². The Bertz CT molecular complexity index is 453. The summed E-state index contributed by atoms with van der Waals surface area (Å²) in [6, 6.07) is 2.26. The van der Waals surface area contributed by atoms with Crippen LogP contribution in [0.15, 0.2) is 4.99 Å². The lowest BCUT2D eigenvalue weighted by Gasteiger charge is -2.29. The van der Waals surface area contributed by atoms with E-state index in [1.165, 1.54) is 0 Å². The van der Waals surface area contributed by atoms with E-state index >= 15 is 0 Å². The Hall–Kier alpha value is -0.336. The maximum Gasteiger partial charge on any atom is 0.500 e. The van der Waals surface area contributed by atoms with E-state index in [2.05, 4.69) is 10.3 Å². The van der Waals surface area contributed by atoms with E-state index < -0.39 is 17.6 Å². The molecule has 0 radical (unpaired) electrons. The first-order valence-corrected chi connectivity index (χ1v) is 16.0. The van der Waals surface area contributed by atoms with Crippen LogP contribution in [-0.4, -0.2) is 75.7 Å². The predicted molar refractivity (Wildman–Crippen MR) is 129 cm³/mol. The van der Waals surface area contributed by atoms with E-state index in [9.17, 15) is 0 Å².